The third-order valence-electron chi connectivity index (χ3n) is 1.87. The van der Waals surface area contributed by atoms with E-state index in [0.717, 1.165) is 11.4 Å². The van der Waals surface area contributed by atoms with E-state index in [0.29, 0.717) is 0 Å². The van der Waals surface area contributed by atoms with Crippen molar-refractivity contribution in [1.82, 2.24) is 9.55 Å². The molecule has 0 atom stereocenters. The predicted molar refractivity (Wildman–Crippen MR) is 56.8 cm³/mol. The Morgan fingerprint density at radius 3 is 2.79 bits per heavy atom. The van der Waals surface area contributed by atoms with Gasteiger partial charge in [-0.3, -0.25) is 0 Å². The number of hydrogen-bond acceptors (Lipinski definition) is 3. The average Bonchev–Trinajstić information content (AvgIpc) is 2.48. The molecule has 0 bridgehead atoms. The molecule has 1 aromatic rings. The molecule has 5 heteroatoms. The summed E-state index contributed by atoms with van der Waals surface area (Å²) < 4.78 is 1.76. The van der Waals surface area contributed by atoms with Crippen LogP contribution in [0.15, 0.2) is 6.20 Å². The second-order valence-corrected chi connectivity index (χ2v) is 4.14. The van der Waals surface area contributed by atoms with E-state index in [-0.39, 0.29) is 11.9 Å². The summed E-state index contributed by atoms with van der Waals surface area (Å²) in [6.07, 6.45) is 3.62. The fourth-order valence-corrected chi connectivity index (χ4v) is 1.89. The first-order valence-electron chi connectivity index (χ1n) is 4.36. The fraction of sp³-hybridized carbons (Fsp3) is 0.556. The summed E-state index contributed by atoms with van der Waals surface area (Å²) in [5.41, 5.74) is 0.963. The summed E-state index contributed by atoms with van der Waals surface area (Å²) in [6.45, 7) is 3.91. The van der Waals surface area contributed by atoms with E-state index >= 15 is 0 Å². The summed E-state index contributed by atoms with van der Waals surface area (Å²) in [5.74, 6) is -0.0477. The Bertz CT molecular complexity index is 334. The van der Waals surface area contributed by atoms with Crippen LogP contribution in [0.25, 0.3) is 0 Å². The van der Waals surface area contributed by atoms with E-state index in [9.17, 15) is 4.79 Å². The van der Waals surface area contributed by atoms with Crippen LogP contribution in [-0.4, -0.2) is 26.9 Å². The molecule has 1 aromatic heterocycles. The molecule has 0 radical (unpaired) electrons. The first kappa shape index (κ1) is 11.1. The summed E-state index contributed by atoms with van der Waals surface area (Å²) >= 11 is 1.66. The predicted octanol–water partition coefficient (Wildman–Crippen LogP) is 2.03. The van der Waals surface area contributed by atoms with Gasteiger partial charge in [-0.25, -0.2) is 9.78 Å². The number of carboxylic acid groups (broad SMARTS) is 1. The van der Waals surface area contributed by atoms with Gasteiger partial charge in [-0.05, 0) is 20.1 Å². The van der Waals surface area contributed by atoms with Crippen LogP contribution in [-0.2, 0) is 5.75 Å². The molecule has 0 saturated heterocycles. The van der Waals surface area contributed by atoms with Gasteiger partial charge in [0, 0.05) is 23.7 Å². The molecule has 0 aliphatic carbocycles. The first-order valence-corrected chi connectivity index (χ1v) is 5.75. The van der Waals surface area contributed by atoms with E-state index in [4.69, 9.17) is 5.11 Å². The summed E-state index contributed by atoms with van der Waals surface area (Å²) in [5, 5.41) is 8.91. The Hall–Kier alpha value is -0.970. The zero-order valence-corrected chi connectivity index (χ0v) is 9.34. The van der Waals surface area contributed by atoms with Crippen molar-refractivity contribution in [1.29, 1.82) is 0 Å². The molecule has 1 heterocycles. The van der Waals surface area contributed by atoms with Crippen molar-refractivity contribution in [2.24, 2.45) is 0 Å². The highest BCUT2D eigenvalue weighted by Crippen LogP contribution is 2.17. The van der Waals surface area contributed by atoms with Crippen LogP contribution < -0.4 is 0 Å². The van der Waals surface area contributed by atoms with Crippen molar-refractivity contribution >= 4 is 17.7 Å². The van der Waals surface area contributed by atoms with E-state index < -0.39 is 5.97 Å². The highest BCUT2D eigenvalue weighted by atomic mass is 32.2. The van der Waals surface area contributed by atoms with Crippen molar-refractivity contribution in [3.8, 4) is 0 Å². The van der Waals surface area contributed by atoms with Crippen LogP contribution in [0.4, 0.5) is 0 Å². The molecule has 0 unspecified atom stereocenters. The Kier molecular flexibility index (Phi) is 3.57. The highest BCUT2D eigenvalue weighted by molar-refractivity contribution is 7.97. The Morgan fingerprint density at radius 2 is 2.36 bits per heavy atom. The van der Waals surface area contributed by atoms with Crippen molar-refractivity contribution in [2.75, 3.05) is 6.26 Å². The molecular weight excluding hydrogens is 200 g/mol. The molecule has 0 aliphatic rings. The Balaban J connectivity index is 3.13. The van der Waals surface area contributed by atoms with Crippen LogP contribution in [0.2, 0.25) is 0 Å². The van der Waals surface area contributed by atoms with Crippen LogP contribution in [0.3, 0.4) is 0 Å². The Labute approximate surface area is 87.3 Å². The van der Waals surface area contributed by atoms with Gasteiger partial charge >= 0.3 is 5.97 Å². The molecule has 14 heavy (non-hydrogen) atoms. The maximum absolute atomic E-state index is 10.9. The number of carbonyl (C=O) groups is 1. The normalized spacial score (nSPS) is 10.9. The van der Waals surface area contributed by atoms with Crippen molar-refractivity contribution in [3.63, 3.8) is 0 Å². The van der Waals surface area contributed by atoms with E-state index in [1.807, 2.05) is 20.1 Å². The van der Waals surface area contributed by atoms with Gasteiger partial charge in [-0.15, -0.1) is 0 Å². The molecule has 0 aliphatic heterocycles. The molecule has 0 amide bonds. The lowest BCUT2D eigenvalue weighted by Crippen LogP contribution is -2.13. The highest BCUT2D eigenvalue weighted by Gasteiger charge is 2.17. The molecule has 1 N–H and O–H groups in total. The number of rotatable bonds is 4. The van der Waals surface area contributed by atoms with Crippen LogP contribution in [0, 0.1) is 0 Å². The van der Waals surface area contributed by atoms with Gasteiger partial charge in [-0.1, -0.05) is 0 Å². The maximum atomic E-state index is 10.9. The largest absolute Gasteiger partial charge is 0.475 e. The number of nitrogens with zero attached hydrogens (tertiary/aromatic N) is 2. The molecule has 0 spiro atoms. The third-order valence-corrected chi connectivity index (χ3v) is 2.46. The SMILES string of the molecule is CSCc1cnc(C(=O)O)n1C(C)C. The summed E-state index contributed by atoms with van der Waals surface area (Å²) in [4.78, 5) is 14.8. The lowest BCUT2D eigenvalue weighted by molar-refractivity contribution is 0.0676. The number of aromatic nitrogens is 2. The maximum Gasteiger partial charge on any atom is 0.372 e. The summed E-state index contributed by atoms with van der Waals surface area (Å²) in [6, 6.07) is 0.130. The van der Waals surface area contributed by atoms with Gasteiger partial charge < -0.3 is 9.67 Å². The van der Waals surface area contributed by atoms with Gasteiger partial charge in [0.1, 0.15) is 0 Å². The smallest absolute Gasteiger partial charge is 0.372 e. The van der Waals surface area contributed by atoms with Crippen molar-refractivity contribution in [2.45, 2.75) is 25.6 Å². The van der Waals surface area contributed by atoms with Crippen LogP contribution >= 0.6 is 11.8 Å². The number of carboxylic acids is 1. The molecule has 0 saturated carbocycles. The molecule has 4 nitrogen and oxygen atoms in total. The van der Waals surface area contributed by atoms with E-state index in [2.05, 4.69) is 4.98 Å². The van der Waals surface area contributed by atoms with Crippen LogP contribution in [0.1, 0.15) is 36.2 Å². The zero-order valence-electron chi connectivity index (χ0n) is 8.52. The average molecular weight is 214 g/mol. The minimum Gasteiger partial charge on any atom is -0.475 e. The topological polar surface area (TPSA) is 55.1 Å². The number of aromatic carboxylic acids is 1. The van der Waals surface area contributed by atoms with Gasteiger partial charge in [0.2, 0.25) is 5.82 Å². The minimum absolute atomic E-state index is 0.129. The lowest BCUT2D eigenvalue weighted by atomic mass is 10.3. The van der Waals surface area contributed by atoms with Gasteiger partial charge in [0.15, 0.2) is 0 Å². The number of hydrogen-bond donors (Lipinski definition) is 1. The summed E-state index contributed by atoms with van der Waals surface area (Å²) in [7, 11) is 0. The number of thioether (sulfide) groups is 1. The van der Waals surface area contributed by atoms with Crippen LogP contribution in [0.5, 0.6) is 0 Å². The van der Waals surface area contributed by atoms with Crippen molar-refractivity contribution < 1.29 is 9.90 Å². The molecule has 0 fully saturated rings. The Morgan fingerprint density at radius 1 is 1.71 bits per heavy atom. The second-order valence-electron chi connectivity index (χ2n) is 3.28. The minimum atomic E-state index is -0.967. The standard InChI is InChI=1S/C9H14N2O2S/c1-6(2)11-7(5-14-3)4-10-8(11)9(12)13/h4,6H,5H2,1-3H3,(H,12,13). The first-order chi connectivity index (χ1) is 6.57. The van der Waals surface area contributed by atoms with E-state index in [1.165, 1.54) is 0 Å². The zero-order chi connectivity index (χ0) is 10.7. The van der Waals surface area contributed by atoms with Gasteiger partial charge in [0.25, 0.3) is 0 Å². The van der Waals surface area contributed by atoms with Crippen molar-refractivity contribution in [3.05, 3.63) is 17.7 Å². The number of imidazole rings is 1. The third kappa shape index (κ3) is 2.09. The van der Waals surface area contributed by atoms with E-state index in [1.54, 1.807) is 22.5 Å². The molecular formula is C9H14N2O2S. The molecule has 0 aromatic carbocycles. The lowest BCUT2D eigenvalue weighted by Gasteiger charge is -2.12. The molecule has 1 rings (SSSR count). The van der Waals surface area contributed by atoms with Gasteiger partial charge in [-0.2, -0.15) is 11.8 Å². The second kappa shape index (κ2) is 4.50. The fourth-order valence-electron chi connectivity index (χ4n) is 1.39. The molecule has 78 valence electrons. The quantitative estimate of drug-likeness (QED) is 0.833. The van der Waals surface area contributed by atoms with Gasteiger partial charge in [0.05, 0.1) is 0 Å². The monoisotopic (exact) mass is 214 g/mol.